The van der Waals surface area contributed by atoms with Crippen LogP contribution in [0.3, 0.4) is 0 Å². The topological polar surface area (TPSA) is 132 Å². The van der Waals surface area contributed by atoms with E-state index in [1.165, 1.54) is 19.8 Å². The molecule has 2 atom stereocenters. The largest absolute Gasteiger partial charge is 0.497 e. The van der Waals surface area contributed by atoms with Gasteiger partial charge in [0, 0.05) is 20.1 Å². The molecule has 0 unspecified atom stereocenters. The second kappa shape index (κ2) is 11.4. The summed E-state index contributed by atoms with van der Waals surface area (Å²) in [5.41, 5.74) is 1.64. The fourth-order valence-corrected chi connectivity index (χ4v) is 4.77. The van der Waals surface area contributed by atoms with E-state index in [0.29, 0.717) is 11.5 Å². The first kappa shape index (κ1) is 26.7. The highest BCUT2D eigenvalue weighted by atomic mass is 16.5. The third-order valence-electron chi connectivity index (χ3n) is 6.65. The second-order valence-corrected chi connectivity index (χ2v) is 9.13. The Morgan fingerprint density at radius 1 is 0.974 bits per heavy atom. The van der Waals surface area contributed by atoms with E-state index in [4.69, 9.17) is 9.47 Å². The molecule has 2 aromatic rings. The SMILES string of the molecule is COc1ccc(CNC(=O)N2[C@H]3CN(Cc4ccc(OC)cc4)C(=O)[C@H](CC(=O)O)N3C(=O)CN2C)cc1. The van der Waals surface area contributed by atoms with Gasteiger partial charge in [0.1, 0.15) is 23.7 Å². The van der Waals surface area contributed by atoms with Crippen molar-refractivity contribution >= 4 is 23.8 Å². The summed E-state index contributed by atoms with van der Waals surface area (Å²) in [7, 11) is 4.73. The fraction of sp³-hybridized carbons (Fsp3) is 0.385. The van der Waals surface area contributed by atoms with Crippen LogP contribution in [0.15, 0.2) is 48.5 Å². The van der Waals surface area contributed by atoms with Gasteiger partial charge in [-0.15, -0.1) is 0 Å². The first-order valence-electron chi connectivity index (χ1n) is 12.1. The van der Waals surface area contributed by atoms with E-state index in [9.17, 15) is 24.3 Å². The van der Waals surface area contributed by atoms with Crippen LogP contribution < -0.4 is 14.8 Å². The number of hydrogen-bond donors (Lipinski definition) is 2. The Bertz CT molecular complexity index is 1190. The van der Waals surface area contributed by atoms with Crippen LogP contribution in [0.1, 0.15) is 17.5 Å². The molecule has 2 fully saturated rings. The standard InChI is InChI=1S/C26H31N5O7/c1-28-16-23(32)30-21(12-24(33)34)25(35)29(14-18-6-10-20(38-3)11-7-18)15-22(30)31(28)26(36)27-13-17-4-8-19(37-2)9-5-17/h4-11,21-22H,12-16H2,1-3H3,(H,27,36)(H,33,34)/t21-,22-/m0/s1. The number of hydrogen-bond acceptors (Lipinski definition) is 7. The van der Waals surface area contributed by atoms with Gasteiger partial charge in [-0.2, -0.15) is 0 Å². The number of amides is 4. The van der Waals surface area contributed by atoms with Gasteiger partial charge in [0.2, 0.25) is 11.8 Å². The molecular formula is C26H31N5O7. The number of carbonyl (C=O) groups is 4. The summed E-state index contributed by atoms with van der Waals surface area (Å²) in [5.74, 6) is -0.752. The van der Waals surface area contributed by atoms with Gasteiger partial charge in [-0.25, -0.2) is 14.8 Å². The number of nitrogens with zero attached hydrogens (tertiary/aromatic N) is 4. The number of carboxylic acids is 1. The third kappa shape index (κ3) is 5.65. The molecule has 12 nitrogen and oxygen atoms in total. The Labute approximate surface area is 220 Å². The molecule has 0 radical (unpaired) electrons. The molecule has 38 heavy (non-hydrogen) atoms. The molecule has 0 bridgehead atoms. The zero-order valence-electron chi connectivity index (χ0n) is 21.5. The first-order valence-corrected chi connectivity index (χ1v) is 12.1. The summed E-state index contributed by atoms with van der Waals surface area (Å²) >= 11 is 0. The zero-order valence-corrected chi connectivity index (χ0v) is 21.5. The number of nitrogens with one attached hydrogen (secondary N) is 1. The molecule has 12 heteroatoms. The van der Waals surface area contributed by atoms with Crippen LogP contribution in [0.4, 0.5) is 4.79 Å². The molecule has 2 heterocycles. The van der Waals surface area contributed by atoms with Crippen molar-refractivity contribution in [1.29, 1.82) is 0 Å². The predicted molar refractivity (Wildman–Crippen MR) is 135 cm³/mol. The number of rotatable bonds is 8. The van der Waals surface area contributed by atoms with Crippen molar-refractivity contribution in [3.63, 3.8) is 0 Å². The fourth-order valence-electron chi connectivity index (χ4n) is 4.77. The minimum atomic E-state index is -1.23. The number of ether oxygens (including phenoxy) is 2. The van der Waals surface area contributed by atoms with E-state index in [1.807, 2.05) is 24.3 Å². The number of likely N-dealkylation sites (N-methyl/N-ethyl adjacent to an activating group) is 1. The normalized spacial score (nSPS) is 19.7. The van der Waals surface area contributed by atoms with Crippen molar-refractivity contribution in [3.05, 3.63) is 59.7 Å². The van der Waals surface area contributed by atoms with Crippen molar-refractivity contribution in [2.75, 3.05) is 34.4 Å². The number of benzene rings is 2. The van der Waals surface area contributed by atoms with E-state index in [1.54, 1.807) is 45.5 Å². The third-order valence-corrected chi connectivity index (χ3v) is 6.65. The van der Waals surface area contributed by atoms with Gasteiger partial charge in [-0.05, 0) is 35.4 Å². The predicted octanol–water partition coefficient (Wildman–Crippen LogP) is 1.12. The summed E-state index contributed by atoms with van der Waals surface area (Å²) < 4.78 is 10.4. The lowest BCUT2D eigenvalue weighted by molar-refractivity contribution is -0.189. The summed E-state index contributed by atoms with van der Waals surface area (Å²) in [4.78, 5) is 54.3. The Balaban J connectivity index is 1.58. The van der Waals surface area contributed by atoms with Crippen molar-refractivity contribution in [1.82, 2.24) is 25.1 Å². The number of hydrazine groups is 1. The minimum Gasteiger partial charge on any atom is -0.497 e. The van der Waals surface area contributed by atoms with Crippen LogP contribution in [-0.4, -0.2) is 95.3 Å². The lowest BCUT2D eigenvalue weighted by atomic mass is 10.0. The highest BCUT2D eigenvalue weighted by molar-refractivity contribution is 5.93. The van der Waals surface area contributed by atoms with Gasteiger partial charge in [-0.3, -0.25) is 14.4 Å². The van der Waals surface area contributed by atoms with E-state index in [-0.39, 0.29) is 26.2 Å². The van der Waals surface area contributed by atoms with Gasteiger partial charge in [0.15, 0.2) is 0 Å². The Morgan fingerprint density at radius 3 is 2.11 bits per heavy atom. The molecule has 4 amide bonds. The van der Waals surface area contributed by atoms with Gasteiger partial charge < -0.3 is 29.7 Å². The molecule has 2 aromatic carbocycles. The summed E-state index contributed by atoms with van der Waals surface area (Å²) in [6.07, 6.45) is -1.44. The maximum atomic E-state index is 13.4. The van der Waals surface area contributed by atoms with E-state index >= 15 is 0 Å². The lowest BCUT2D eigenvalue weighted by Gasteiger charge is -2.54. The van der Waals surface area contributed by atoms with Crippen molar-refractivity contribution < 1.29 is 33.8 Å². The number of carbonyl (C=O) groups excluding carboxylic acids is 3. The maximum absolute atomic E-state index is 13.4. The Kier molecular flexibility index (Phi) is 8.01. The van der Waals surface area contributed by atoms with Crippen LogP contribution >= 0.6 is 0 Å². The van der Waals surface area contributed by atoms with Gasteiger partial charge in [-0.1, -0.05) is 24.3 Å². The van der Waals surface area contributed by atoms with Crippen LogP contribution in [0.25, 0.3) is 0 Å². The van der Waals surface area contributed by atoms with Crippen molar-refractivity contribution in [2.24, 2.45) is 0 Å². The number of methoxy groups -OCH3 is 2. The van der Waals surface area contributed by atoms with Crippen LogP contribution in [0, 0.1) is 0 Å². The molecule has 0 aromatic heterocycles. The van der Waals surface area contributed by atoms with Gasteiger partial charge in [0.25, 0.3) is 0 Å². The molecule has 0 aliphatic carbocycles. The van der Waals surface area contributed by atoms with E-state index in [2.05, 4.69) is 5.32 Å². The molecule has 2 N–H and O–H groups in total. The molecule has 2 aliphatic heterocycles. The van der Waals surface area contributed by atoms with Gasteiger partial charge in [0.05, 0.1) is 33.7 Å². The smallest absolute Gasteiger partial charge is 0.334 e. The summed E-state index contributed by atoms with van der Waals surface area (Å²) in [6.45, 7) is 0.255. The monoisotopic (exact) mass is 525 g/mol. The van der Waals surface area contributed by atoms with Crippen LogP contribution in [-0.2, 0) is 27.5 Å². The van der Waals surface area contributed by atoms with Crippen molar-refractivity contribution in [3.8, 4) is 11.5 Å². The molecule has 2 aliphatic rings. The zero-order chi connectivity index (χ0) is 27.4. The number of fused-ring (bicyclic) bond motifs is 1. The van der Waals surface area contributed by atoms with E-state index in [0.717, 1.165) is 11.1 Å². The Morgan fingerprint density at radius 2 is 1.55 bits per heavy atom. The highest BCUT2D eigenvalue weighted by Crippen LogP contribution is 2.28. The average molecular weight is 526 g/mol. The van der Waals surface area contributed by atoms with Crippen molar-refractivity contribution in [2.45, 2.75) is 31.7 Å². The number of piperazine rings is 1. The highest BCUT2D eigenvalue weighted by Gasteiger charge is 2.51. The molecular weight excluding hydrogens is 494 g/mol. The number of carboxylic acid groups (broad SMARTS) is 1. The quantitative estimate of drug-likeness (QED) is 0.524. The molecule has 0 spiro atoms. The minimum absolute atomic E-state index is 0.0209. The molecule has 202 valence electrons. The average Bonchev–Trinajstić information content (AvgIpc) is 2.90. The van der Waals surface area contributed by atoms with Crippen LogP contribution in [0.5, 0.6) is 11.5 Å². The maximum Gasteiger partial charge on any atom is 0.334 e. The summed E-state index contributed by atoms with van der Waals surface area (Å²) in [6, 6.07) is 12.7. The Hall–Kier alpha value is -4.32. The second-order valence-electron chi connectivity index (χ2n) is 9.13. The number of urea groups is 1. The van der Waals surface area contributed by atoms with Crippen LogP contribution in [0.2, 0.25) is 0 Å². The summed E-state index contributed by atoms with van der Waals surface area (Å²) in [5, 5.41) is 15.3. The van der Waals surface area contributed by atoms with E-state index < -0.39 is 42.4 Å². The molecule has 0 saturated carbocycles. The lowest BCUT2D eigenvalue weighted by Crippen LogP contribution is -2.76. The van der Waals surface area contributed by atoms with Gasteiger partial charge >= 0.3 is 12.0 Å². The molecule has 4 rings (SSSR count). The molecule has 2 saturated heterocycles. The number of aliphatic carboxylic acids is 1. The first-order chi connectivity index (χ1) is 18.2.